The number of aromatic nitrogens is 2. The summed E-state index contributed by atoms with van der Waals surface area (Å²) in [7, 11) is 0. The van der Waals surface area contributed by atoms with Gasteiger partial charge in [0.25, 0.3) is 5.91 Å². The van der Waals surface area contributed by atoms with E-state index in [4.69, 9.17) is 0 Å². The quantitative estimate of drug-likeness (QED) is 0.927. The van der Waals surface area contributed by atoms with E-state index in [2.05, 4.69) is 32.0 Å². The Kier molecular flexibility index (Phi) is 5.28. The number of aryl methyl sites for hydroxylation is 2. The first kappa shape index (κ1) is 17.4. The van der Waals surface area contributed by atoms with Gasteiger partial charge in [0.1, 0.15) is 17.8 Å². The molecule has 2 heterocycles. The number of nitrogens with zero attached hydrogens (tertiary/aromatic N) is 4. The van der Waals surface area contributed by atoms with Gasteiger partial charge in [0.15, 0.2) is 0 Å². The molecular weight excluding hydrogens is 314 g/mol. The van der Waals surface area contributed by atoms with Crippen LogP contribution in [0.1, 0.15) is 28.5 Å². The maximum absolute atomic E-state index is 12.6. The molecule has 1 N–H and O–H groups in total. The fourth-order valence-electron chi connectivity index (χ4n) is 2.99. The molecule has 1 aliphatic heterocycles. The highest BCUT2D eigenvalue weighted by molar-refractivity contribution is 6.03. The summed E-state index contributed by atoms with van der Waals surface area (Å²) in [5.41, 5.74) is 3.35. The van der Waals surface area contributed by atoms with Gasteiger partial charge >= 0.3 is 0 Å². The SMILES string of the molecule is CCN1CCN(c2cc(C(=O)Nc3cc(C)ccc3C)ncn2)CC1. The number of rotatable bonds is 4. The summed E-state index contributed by atoms with van der Waals surface area (Å²) in [5.74, 6) is 0.612. The Morgan fingerprint density at radius 2 is 1.88 bits per heavy atom. The second-order valence-corrected chi connectivity index (χ2v) is 6.46. The zero-order valence-corrected chi connectivity index (χ0v) is 15.1. The Bertz CT molecular complexity index is 753. The van der Waals surface area contributed by atoms with Gasteiger partial charge in [-0.05, 0) is 37.6 Å². The summed E-state index contributed by atoms with van der Waals surface area (Å²) in [5, 5.41) is 2.96. The second kappa shape index (κ2) is 7.61. The summed E-state index contributed by atoms with van der Waals surface area (Å²) in [4.78, 5) is 25.7. The molecule has 0 saturated carbocycles. The molecule has 2 aromatic rings. The van der Waals surface area contributed by atoms with Crippen LogP contribution in [-0.4, -0.2) is 53.5 Å². The number of nitrogens with one attached hydrogen (secondary N) is 1. The summed E-state index contributed by atoms with van der Waals surface area (Å²) >= 11 is 0. The van der Waals surface area contributed by atoms with Gasteiger partial charge in [0, 0.05) is 37.9 Å². The molecule has 6 nitrogen and oxygen atoms in total. The number of carbonyl (C=O) groups excluding carboxylic acids is 1. The minimum atomic E-state index is -0.204. The maximum atomic E-state index is 12.6. The van der Waals surface area contributed by atoms with Gasteiger partial charge in [-0.25, -0.2) is 9.97 Å². The Balaban J connectivity index is 1.72. The Hall–Kier alpha value is -2.47. The second-order valence-electron chi connectivity index (χ2n) is 6.46. The highest BCUT2D eigenvalue weighted by Gasteiger charge is 2.18. The van der Waals surface area contributed by atoms with Gasteiger partial charge in [-0.3, -0.25) is 4.79 Å². The van der Waals surface area contributed by atoms with Crippen molar-refractivity contribution < 1.29 is 4.79 Å². The number of benzene rings is 1. The van der Waals surface area contributed by atoms with Gasteiger partial charge in [-0.1, -0.05) is 19.1 Å². The lowest BCUT2D eigenvalue weighted by Gasteiger charge is -2.34. The fraction of sp³-hybridized carbons (Fsp3) is 0.421. The standard InChI is InChI=1S/C19H25N5O/c1-4-23-7-9-24(10-8-23)18-12-17(20-13-21-18)19(25)22-16-11-14(2)5-6-15(16)3/h5-6,11-13H,4,7-10H2,1-3H3,(H,22,25). The van der Waals surface area contributed by atoms with Crippen molar-refractivity contribution in [2.24, 2.45) is 0 Å². The van der Waals surface area contributed by atoms with E-state index in [1.54, 1.807) is 6.07 Å². The predicted octanol–water partition coefficient (Wildman–Crippen LogP) is 2.49. The van der Waals surface area contributed by atoms with E-state index >= 15 is 0 Å². The Labute approximate surface area is 148 Å². The number of carbonyl (C=O) groups is 1. The first-order valence-electron chi connectivity index (χ1n) is 8.74. The fourth-order valence-corrected chi connectivity index (χ4v) is 2.99. The molecule has 25 heavy (non-hydrogen) atoms. The zero-order chi connectivity index (χ0) is 17.8. The first-order valence-corrected chi connectivity index (χ1v) is 8.74. The lowest BCUT2D eigenvalue weighted by atomic mass is 10.1. The van der Waals surface area contributed by atoms with E-state index in [1.807, 2.05) is 32.0 Å². The minimum absolute atomic E-state index is 0.204. The molecule has 1 aliphatic rings. The largest absolute Gasteiger partial charge is 0.354 e. The third-order valence-electron chi connectivity index (χ3n) is 4.67. The van der Waals surface area contributed by atoms with E-state index in [0.29, 0.717) is 5.69 Å². The molecule has 1 amide bonds. The third-order valence-corrected chi connectivity index (χ3v) is 4.67. The van der Waals surface area contributed by atoms with Crippen LogP contribution >= 0.6 is 0 Å². The van der Waals surface area contributed by atoms with E-state index in [-0.39, 0.29) is 5.91 Å². The number of likely N-dealkylation sites (N-methyl/N-ethyl adjacent to an activating group) is 1. The van der Waals surface area contributed by atoms with Gasteiger partial charge in [-0.2, -0.15) is 0 Å². The van der Waals surface area contributed by atoms with E-state index in [1.165, 1.54) is 6.33 Å². The van der Waals surface area contributed by atoms with E-state index < -0.39 is 0 Å². The molecule has 0 radical (unpaired) electrons. The van der Waals surface area contributed by atoms with Gasteiger partial charge < -0.3 is 15.1 Å². The van der Waals surface area contributed by atoms with Crippen LogP contribution in [0.3, 0.4) is 0 Å². The molecular formula is C19H25N5O. The van der Waals surface area contributed by atoms with E-state index in [0.717, 1.165) is 55.4 Å². The van der Waals surface area contributed by atoms with Crippen molar-refractivity contribution in [3.8, 4) is 0 Å². The number of hydrogen-bond donors (Lipinski definition) is 1. The minimum Gasteiger partial charge on any atom is -0.354 e. The number of amides is 1. The molecule has 3 rings (SSSR count). The van der Waals surface area contributed by atoms with Gasteiger partial charge in [0.2, 0.25) is 0 Å². The van der Waals surface area contributed by atoms with Crippen molar-refractivity contribution >= 4 is 17.4 Å². The van der Waals surface area contributed by atoms with Crippen LogP contribution in [0.4, 0.5) is 11.5 Å². The molecule has 1 aromatic carbocycles. The molecule has 0 atom stereocenters. The lowest BCUT2D eigenvalue weighted by molar-refractivity contribution is 0.102. The van der Waals surface area contributed by atoms with Crippen molar-refractivity contribution in [1.82, 2.24) is 14.9 Å². The zero-order valence-electron chi connectivity index (χ0n) is 15.1. The molecule has 0 unspecified atom stereocenters. The van der Waals surface area contributed by atoms with Crippen molar-refractivity contribution in [3.05, 3.63) is 47.4 Å². The average Bonchev–Trinajstić information content (AvgIpc) is 2.65. The highest BCUT2D eigenvalue weighted by Crippen LogP contribution is 2.18. The number of piperazine rings is 1. The Morgan fingerprint density at radius 1 is 1.12 bits per heavy atom. The van der Waals surface area contributed by atoms with Crippen molar-refractivity contribution in [2.75, 3.05) is 42.9 Å². The molecule has 132 valence electrons. The summed E-state index contributed by atoms with van der Waals surface area (Å²) in [6.45, 7) is 11.1. The van der Waals surface area contributed by atoms with Crippen LogP contribution in [0.25, 0.3) is 0 Å². The van der Waals surface area contributed by atoms with Crippen molar-refractivity contribution in [3.63, 3.8) is 0 Å². The molecule has 0 bridgehead atoms. The van der Waals surface area contributed by atoms with E-state index in [9.17, 15) is 4.79 Å². The highest BCUT2D eigenvalue weighted by atomic mass is 16.1. The predicted molar refractivity (Wildman–Crippen MR) is 100 cm³/mol. The van der Waals surface area contributed by atoms with Crippen molar-refractivity contribution in [2.45, 2.75) is 20.8 Å². The monoisotopic (exact) mass is 339 g/mol. The molecule has 6 heteroatoms. The smallest absolute Gasteiger partial charge is 0.274 e. The first-order chi connectivity index (χ1) is 12.1. The van der Waals surface area contributed by atoms with Crippen LogP contribution in [0.15, 0.2) is 30.6 Å². The third kappa shape index (κ3) is 4.14. The molecule has 0 aliphatic carbocycles. The lowest BCUT2D eigenvalue weighted by Crippen LogP contribution is -2.46. The number of anilines is 2. The van der Waals surface area contributed by atoms with Gasteiger partial charge in [-0.15, -0.1) is 0 Å². The van der Waals surface area contributed by atoms with Crippen LogP contribution < -0.4 is 10.2 Å². The molecule has 1 aromatic heterocycles. The van der Waals surface area contributed by atoms with Crippen molar-refractivity contribution in [1.29, 1.82) is 0 Å². The van der Waals surface area contributed by atoms with Crippen LogP contribution in [-0.2, 0) is 0 Å². The average molecular weight is 339 g/mol. The molecule has 1 saturated heterocycles. The number of hydrogen-bond acceptors (Lipinski definition) is 5. The van der Waals surface area contributed by atoms with Crippen LogP contribution in [0, 0.1) is 13.8 Å². The topological polar surface area (TPSA) is 61.4 Å². The Morgan fingerprint density at radius 3 is 2.60 bits per heavy atom. The normalized spacial score (nSPS) is 15.2. The molecule has 1 fully saturated rings. The molecule has 0 spiro atoms. The summed E-state index contributed by atoms with van der Waals surface area (Å²) in [6, 6.07) is 7.79. The van der Waals surface area contributed by atoms with Crippen LogP contribution in [0.5, 0.6) is 0 Å². The van der Waals surface area contributed by atoms with Crippen LogP contribution in [0.2, 0.25) is 0 Å². The summed E-state index contributed by atoms with van der Waals surface area (Å²) in [6.07, 6.45) is 1.47. The maximum Gasteiger partial charge on any atom is 0.274 e. The van der Waals surface area contributed by atoms with Gasteiger partial charge in [0.05, 0.1) is 0 Å². The summed E-state index contributed by atoms with van der Waals surface area (Å²) < 4.78 is 0.